The number of carbonyl (C=O) groups is 1. The van der Waals surface area contributed by atoms with Crippen LogP contribution in [-0.2, 0) is 4.79 Å². The van der Waals surface area contributed by atoms with Crippen LogP contribution in [0.25, 0.3) is 0 Å². The second kappa shape index (κ2) is 5.32. The molecule has 1 aromatic rings. The van der Waals surface area contributed by atoms with E-state index in [4.69, 9.17) is 21.0 Å². The van der Waals surface area contributed by atoms with Crippen molar-refractivity contribution in [2.24, 2.45) is 0 Å². The van der Waals surface area contributed by atoms with Gasteiger partial charge in [0.15, 0.2) is 5.54 Å². The lowest BCUT2D eigenvalue weighted by molar-refractivity contribution is -0.139. The summed E-state index contributed by atoms with van der Waals surface area (Å²) in [5, 5.41) is 11.9. The Bertz CT molecular complexity index is 492. The van der Waals surface area contributed by atoms with Gasteiger partial charge < -0.3 is 19.9 Å². The molecule has 0 aliphatic carbocycles. The molecule has 0 heterocycles. The van der Waals surface area contributed by atoms with E-state index in [1.54, 1.807) is 18.2 Å². The molecule has 0 amide bonds. The average Bonchev–Trinajstić information content (AvgIpc) is 2.38. The monoisotopic (exact) mass is 249 g/mol. The first kappa shape index (κ1) is 13.7. The summed E-state index contributed by atoms with van der Waals surface area (Å²) in [6.45, 7) is 1.40. The van der Waals surface area contributed by atoms with Gasteiger partial charge in [0, 0.05) is 6.07 Å². The fourth-order valence-corrected chi connectivity index (χ4v) is 1.33. The predicted molar refractivity (Wildman–Crippen MR) is 68.0 cm³/mol. The molecule has 0 aliphatic heterocycles. The van der Waals surface area contributed by atoms with Crippen molar-refractivity contribution in [3.63, 3.8) is 0 Å². The van der Waals surface area contributed by atoms with Gasteiger partial charge in [0.1, 0.15) is 11.5 Å². The predicted octanol–water partition coefficient (Wildman–Crippen LogP) is 1.59. The minimum atomic E-state index is -1.51. The zero-order chi connectivity index (χ0) is 13.8. The molecule has 0 aliphatic rings. The zero-order valence-corrected chi connectivity index (χ0v) is 10.5. The summed E-state index contributed by atoms with van der Waals surface area (Å²) in [6.07, 6.45) is 5.25. The maximum absolute atomic E-state index is 11.1. The van der Waals surface area contributed by atoms with E-state index in [1.807, 2.05) is 0 Å². The van der Waals surface area contributed by atoms with Gasteiger partial charge in [-0.05, 0) is 19.1 Å². The first-order valence-corrected chi connectivity index (χ1v) is 5.18. The van der Waals surface area contributed by atoms with E-state index >= 15 is 0 Å². The molecule has 1 unspecified atom stereocenters. The van der Waals surface area contributed by atoms with Crippen molar-refractivity contribution in [3.8, 4) is 23.8 Å². The molecule has 0 fully saturated rings. The van der Waals surface area contributed by atoms with Crippen molar-refractivity contribution in [1.82, 2.24) is 0 Å². The largest absolute Gasteiger partial charge is 0.497 e. The number of hydrogen-bond donors (Lipinski definition) is 2. The third-order valence-electron chi connectivity index (χ3n) is 2.51. The third-order valence-corrected chi connectivity index (χ3v) is 2.51. The van der Waals surface area contributed by atoms with Crippen LogP contribution < -0.4 is 14.8 Å². The van der Waals surface area contributed by atoms with Crippen molar-refractivity contribution in [3.05, 3.63) is 18.2 Å². The van der Waals surface area contributed by atoms with Crippen LogP contribution in [0, 0.1) is 12.3 Å². The molecule has 1 rings (SSSR count). The lowest BCUT2D eigenvalue weighted by Gasteiger charge is -2.23. The number of terminal acetylenes is 1. The molecule has 0 saturated heterocycles. The first-order chi connectivity index (χ1) is 8.46. The Morgan fingerprint density at radius 3 is 2.56 bits per heavy atom. The summed E-state index contributed by atoms with van der Waals surface area (Å²) in [5.41, 5.74) is -1.06. The van der Waals surface area contributed by atoms with E-state index in [9.17, 15) is 4.79 Å². The van der Waals surface area contributed by atoms with Crippen LogP contribution in [0.4, 0.5) is 5.69 Å². The molecule has 0 spiro atoms. The third kappa shape index (κ3) is 2.66. The van der Waals surface area contributed by atoms with Crippen molar-refractivity contribution in [2.45, 2.75) is 12.5 Å². The molecule has 5 heteroatoms. The van der Waals surface area contributed by atoms with E-state index < -0.39 is 11.5 Å². The Morgan fingerprint density at radius 2 is 2.11 bits per heavy atom. The fraction of sp³-hybridized carbons (Fsp3) is 0.308. The van der Waals surface area contributed by atoms with Gasteiger partial charge in [-0.1, -0.05) is 5.92 Å². The maximum Gasteiger partial charge on any atom is 0.341 e. The van der Waals surface area contributed by atoms with Gasteiger partial charge in [0.2, 0.25) is 0 Å². The Kier molecular flexibility index (Phi) is 4.05. The topological polar surface area (TPSA) is 67.8 Å². The van der Waals surface area contributed by atoms with Gasteiger partial charge >= 0.3 is 5.97 Å². The van der Waals surface area contributed by atoms with Crippen LogP contribution in [0.1, 0.15) is 6.92 Å². The highest BCUT2D eigenvalue weighted by atomic mass is 16.5. The van der Waals surface area contributed by atoms with Gasteiger partial charge in [-0.2, -0.15) is 0 Å². The Hall–Kier alpha value is -2.35. The second-order valence-corrected chi connectivity index (χ2v) is 3.77. The maximum atomic E-state index is 11.1. The van der Waals surface area contributed by atoms with Crippen molar-refractivity contribution in [1.29, 1.82) is 0 Å². The molecule has 1 aromatic carbocycles. The number of hydrogen-bond acceptors (Lipinski definition) is 4. The minimum absolute atomic E-state index is 0.458. The van der Waals surface area contributed by atoms with Crippen molar-refractivity contribution in [2.75, 3.05) is 19.5 Å². The standard InChI is InChI=1S/C13H15NO4/c1-5-13(2,12(15)16)14-10-8-9(17-3)6-7-11(10)18-4/h1,6-8,14H,2-4H3,(H,15,16). The van der Waals surface area contributed by atoms with Gasteiger partial charge in [-0.3, -0.25) is 0 Å². The van der Waals surface area contributed by atoms with Crippen molar-refractivity contribution >= 4 is 11.7 Å². The van der Waals surface area contributed by atoms with Gasteiger partial charge in [-0.15, -0.1) is 6.42 Å². The number of anilines is 1. The van der Waals surface area contributed by atoms with Gasteiger partial charge in [-0.25, -0.2) is 4.79 Å². The number of nitrogens with one attached hydrogen (secondary N) is 1. The van der Waals surface area contributed by atoms with E-state index in [1.165, 1.54) is 21.1 Å². The number of rotatable bonds is 5. The molecule has 5 nitrogen and oxygen atoms in total. The highest BCUT2D eigenvalue weighted by Gasteiger charge is 2.31. The van der Waals surface area contributed by atoms with E-state index in [0.717, 1.165) is 0 Å². The zero-order valence-electron chi connectivity index (χ0n) is 10.5. The SMILES string of the molecule is C#CC(C)(Nc1cc(OC)ccc1OC)C(=O)O. The molecule has 2 N–H and O–H groups in total. The van der Waals surface area contributed by atoms with E-state index in [0.29, 0.717) is 17.2 Å². The summed E-state index contributed by atoms with van der Waals surface area (Å²) in [5.74, 6) is 2.12. The van der Waals surface area contributed by atoms with Crippen LogP contribution >= 0.6 is 0 Å². The highest BCUT2D eigenvalue weighted by Crippen LogP contribution is 2.31. The average molecular weight is 249 g/mol. The molecule has 0 aromatic heterocycles. The fourth-order valence-electron chi connectivity index (χ4n) is 1.33. The van der Waals surface area contributed by atoms with E-state index in [-0.39, 0.29) is 0 Å². The molecule has 0 saturated carbocycles. The van der Waals surface area contributed by atoms with Crippen LogP contribution in [0.5, 0.6) is 11.5 Å². The number of ether oxygens (including phenoxy) is 2. The summed E-state index contributed by atoms with van der Waals surface area (Å²) in [4.78, 5) is 11.1. The van der Waals surface area contributed by atoms with Crippen LogP contribution in [-0.4, -0.2) is 30.8 Å². The Morgan fingerprint density at radius 1 is 1.44 bits per heavy atom. The second-order valence-electron chi connectivity index (χ2n) is 3.77. The highest BCUT2D eigenvalue weighted by molar-refractivity contribution is 5.87. The lowest BCUT2D eigenvalue weighted by atomic mass is 10.0. The summed E-state index contributed by atoms with van der Waals surface area (Å²) in [7, 11) is 3.00. The summed E-state index contributed by atoms with van der Waals surface area (Å²) < 4.78 is 10.2. The molecule has 1 atom stereocenters. The number of carboxylic acid groups (broad SMARTS) is 1. The van der Waals surface area contributed by atoms with Crippen LogP contribution in [0.2, 0.25) is 0 Å². The molecular formula is C13H15NO4. The molecule has 0 radical (unpaired) electrons. The van der Waals surface area contributed by atoms with E-state index in [2.05, 4.69) is 11.2 Å². The van der Waals surface area contributed by atoms with Crippen molar-refractivity contribution < 1.29 is 19.4 Å². The quantitative estimate of drug-likeness (QED) is 0.776. The number of methoxy groups -OCH3 is 2. The smallest absolute Gasteiger partial charge is 0.341 e. The Labute approximate surface area is 106 Å². The normalized spacial score (nSPS) is 13.0. The van der Waals surface area contributed by atoms with Crippen LogP contribution in [0.15, 0.2) is 18.2 Å². The number of benzene rings is 1. The van der Waals surface area contributed by atoms with Gasteiger partial charge in [0.05, 0.1) is 19.9 Å². The number of carboxylic acids is 1. The Balaban J connectivity index is 3.16. The summed E-state index contributed by atoms with van der Waals surface area (Å²) >= 11 is 0. The minimum Gasteiger partial charge on any atom is -0.497 e. The molecule has 18 heavy (non-hydrogen) atoms. The summed E-state index contributed by atoms with van der Waals surface area (Å²) in [6, 6.07) is 5.00. The van der Waals surface area contributed by atoms with Gasteiger partial charge in [0.25, 0.3) is 0 Å². The lowest BCUT2D eigenvalue weighted by Crippen LogP contribution is -2.41. The molecule has 96 valence electrons. The number of aliphatic carboxylic acids is 1. The van der Waals surface area contributed by atoms with Crippen LogP contribution in [0.3, 0.4) is 0 Å². The first-order valence-electron chi connectivity index (χ1n) is 5.18. The molecule has 0 bridgehead atoms. The molecular weight excluding hydrogens is 234 g/mol.